The molecule has 0 radical (unpaired) electrons. The van der Waals surface area contributed by atoms with E-state index in [0.29, 0.717) is 16.5 Å². The molecular weight excluding hydrogens is 408 g/mol. The quantitative estimate of drug-likeness (QED) is 0.385. The first-order chi connectivity index (χ1) is 15.2. The zero-order valence-corrected chi connectivity index (χ0v) is 17.1. The fraction of sp³-hybridized carbons (Fsp3) is 0. The lowest BCUT2D eigenvalue weighted by Gasteiger charge is -2.07. The standard InChI is InChI=1S/C25H17ClN4O/c26-19-11-6-10-18(16-19)24-28-23(29-30(24)20-12-2-1-3-13-20)25(31)27-22-15-7-9-17-8-4-5-14-21(17)22/h1-16H,(H,27,31). The van der Waals surface area contributed by atoms with E-state index >= 15 is 0 Å². The van der Waals surface area contributed by atoms with Crippen LogP contribution in [0.15, 0.2) is 97.1 Å². The maximum Gasteiger partial charge on any atom is 0.295 e. The van der Waals surface area contributed by atoms with Gasteiger partial charge in [0.15, 0.2) is 5.82 Å². The number of amides is 1. The lowest BCUT2D eigenvalue weighted by atomic mass is 10.1. The molecule has 0 fully saturated rings. The van der Waals surface area contributed by atoms with Crippen LogP contribution in [0.2, 0.25) is 5.02 Å². The van der Waals surface area contributed by atoms with Crippen molar-refractivity contribution in [2.24, 2.45) is 0 Å². The van der Waals surface area contributed by atoms with Gasteiger partial charge in [-0.05, 0) is 35.7 Å². The predicted octanol–water partition coefficient (Wildman–Crippen LogP) is 5.99. The average molecular weight is 425 g/mol. The van der Waals surface area contributed by atoms with E-state index < -0.39 is 0 Å². The lowest BCUT2D eigenvalue weighted by Crippen LogP contribution is -2.14. The van der Waals surface area contributed by atoms with E-state index in [1.807, 2.05) is 84.9 Å². The molecule has 5 nitrogen and oxygen atoms in total. The number of nitrogens with zero attached hydrogens (tertiary/aromatic N) is 3. The number of para-hydroxylation sites is 1. The molecule has 1 heterocycles. The highest BCUT2D eigenvalue weighted by Gasteiger charge is 2.19. The predicted molar refractivity (Wildman–Crippen MR) is 124 cm³/mol. The molecule has 5 rings (SSSR count). The Kier molecular flexibility index (Phi) is 4.94. The number of carbonyl (C=O) groups excluding carboxylic acids is 1. The minimum atomic E-state index is -0.380. The van der Waals surface area contributed by atoms with Gasteiger partial charge in [-0.2, -0.15) is 0 Å². The summed E-state index contributed by atoms with van der Waals surface area (Å²) in [5.74, 6) is 0.234. The second-order valence-corrected chi connectivity index (χ2v) is 7.43. The second kappa shape index (κ2) is 8.05. The summed E-state index contributed by atoms with van der Waals surface area (Å²) in [6.07, 6.45) is 0. The fourth-order valence-corrected chi connectivity index (χ4v) is 3.67. The van der Waals surface area contributed by atoms with E-state index in [0.717, 1.165) is 22.0 Å². The summed E-state index contributed by atoms with van der Waals surface area (Å²) >= 11 is 6.19. The molecule has 0 atom stereocenters. The molecule has 0 unspecified atom stereocenters. The van der Waals surface area contributed by atoms with Crippen LogP contribution in [0.3, 0.4) is 0 Å². The van der Waals surface area contributed by atoms with Crippen molar-refractivity contribution in [1.82, 2.24) is 14.8 Å². The molecule has 0 aliphatic rings. The largest absolute Gasteiger partial charge is 0.319 e. The van der Waals surface area contributed by atoms with Crippen LogP contribution in [0, 0.1) is 0 Å². The molecule has 1 amide bonds. The minimum absolute atomic E-state index is 0.0757. The summed E-state index contributed by atoms with van der Waals surface area (Å²) in [6.45, 7) is 0. The summed E-state index contributed by atoms with van der Waals surface area (Å²) in [5, 5.41) is 10.0. The van der Waals surface area contributed by atoms with Gasteiger partial charge in [0.25, 0.3) is 5.91 Å². The molecule has 0 aliphatic heterocycles. The van der Waals surface area contributed by atoms with Crippen LogP contribution in [0.5, 0.6) is 0 Å². The Bertz CT molecular complexity index is 1390. The van der Waals surface area contributed by atoms with Crippen molar-refractivity contribution in [1.29, 1.82) is 0 Å². The lowest BCUT2D eigenvalue weighted by molar-refractivity contribution is 0.101. The molecule has 1 N–H and O–H groups in total. The van der Waals surface area contributed by atoms with Crippen molar-refractivity contribution in [3.63, 3.8) is 0 Å². The smallest absolute Gasteiger partial charge is 0.295 e. The van der Waals surface area contributed by atoms with Crippen molar-refractivity contribution in [3.05, 3.63) is 108 Å². The van der Waals surface area contributed by atoms with Gasteiger partial charge in [-0.3, -0.25) is 4.79 Å². The minimum Gasteiger partial charge on any atom is -0.319 e. The number of hydrogen-bond donors (Lipinski definition) is 1. The molecule has 0 saturated carbocycles. The van der Waals surface area contributed by atoms with E-state index in [1.165, 1.54) is 0 Å². The Balaban J connectivity index is 1.57. The summed E-state index contributed by atoms with van der Waals surface area (Å²) in [4.78, 5) is 17.6. The average Bonchev–Trinajstić information content (AvgIpc) is 3.26. The van der Waals surface area contributed by atoms with Gasteiger partial charge in [-0.15, -0.1) is 5.10 Å². The van der Waals surface area contributed by atoms with E-state index in [2.05, 4.69) is 15.4 Å². The van der Waals surface area contributed by atoms with Crippen LogP contribution in [0.4, 0.5) is 5.69 Å². The SMILES string of the molecule is O=C(Nc1cccc2ccccc12)c1nc(-c2cccc(Cl)c2)n(-c2ccccc2)n1. The highest BCUT2D eigenvalue weighted by Crippen LogP contribution is 2.26. The van der Waals surface area contributed by atoms with Gasteiger partial charge in [0.1, 0.15) is 0 Å². The highest BCUT2D eigenvalue weighted by molar-refractivity contribution is 6.30. The number of anilines is 1. The maximum atomic E-state index is 13.1. The first-order valence-corrected chi connectivity index (χ1v) is 10.1. The number of aromatic nitrogens is 3. The molecule has 150 valence electrons. The van der Waals surface area contributed by atoms with Crippen LogP contribution >= 0.6 is 11.6 Å². The normalized spacial score (nSPS) is 10.9. The Morgan fingerprint density at radius 2 is 1.58 bits per heavy atom. The zero-order chi connectivity index (χ0) is 21.2. The summed E-state index contributed by atoms with van der Waals surface area (Å²) < 4.78 is 1.66. The van der Waals surface area contributed by atoms with Crippen LogP contribution < -0.4 is 5.32 Å². The first-order valence-electron chi connectivity index (χ1n) is 9.76. The molecule has 6 heteroatoms. The van der Waals surface area contributed by atoms with E-state index in [9.17, 15) is 4.79 Å². The van der Waals surface area contributed by atoms with Crippen molar-refractivity contribution in [2.45, 2.75) is 0 Å². The van der Waals surface area contributed by atoms with Gasteiger partial charge in [-0.1, -0.05) is 78.3 Å². The Morgan fingerprint density at radius 1 is 0.839 bits per heavy atom. The van der Waals surface area contributed by atoms with Gasteiger partial charge in [-0.25, -0.2) is 9.67 Å². The molecule has 4 aromatic carbocycles. The number of carbonyl (C=O) groups is 1. The van der Waals surface area contributed by atoms with Gasteiger partial charge in [0.2, 0.25) is 5.82 Å². The summed E-state index contributed by atoms with van der Waals surface area (Å²) in [6, 6.07) is 30.6. The Hall–Kier alpha value is -3.96. The van der Waals surface area contributed by atoms with Gasteiger partial charge in [0.05, 0.1) is 5.69 Å². The van der Waals surface area contributed by atoms with Gasteiger partial charge in [0, 0.05) is 21.7 Å². The number of nitrogens with one attached hydrogen (secondary N) is 1. The zero-order valence-electron chi connectivity index (χ0n) is 16.4. The fourth-order valence-electron chi connectivity index (χ4n) is 3.48. The third kappa shape index (κ3) is 3.79. The van der Waals surface area contributed by atoms with Gasteiger partial charge >= 0.3 is 0 Å². The first kappa shape index (κ1) is 19.0. The second-order valence-electron chi connectivity index (χ2n) is 7.00. The van der Waals surface area contributed by atoms with E-state index in [1.54, 1.807) is 16.8 Å². The van der Waals surface area contributed by atoms with Crippen LogP contribution in [-0.4, -0.2) is 20.7 Å². The van der Waals surface area contributed by atoms with E-state index in [-0.39, 0.29) is 11.7 Å². The molecule has 0 saturated heterocycles. The van der Waals surface area contributed by atoms with Crippen molar-refractivity contribution in [3.8, 4) is 17.1 Å². The van der Waals surface area contributed by atoms with Crippen LogP contribution in [0.1, 0.15) is 10.6 Å². The van der Waals surface area contributed by atoms with Crippen molar-refractivity contribution >= 4 is 34.0 Å². The van der Waals surface area contributed by atoms with Crippen LogP contribution in [0.25, 0.3) is 27.8 Å². The molecule has 5 aromatic rings. The molecule has 0 bridgehead atoms. The highest BCUT2D eigenvalue weighted by atomic mass is 35.5. The molecule has 0 aliphatic carbocycles. The van der Waals surface area contributed by atoms with E-state index in [4.69, 9.17) is 11.6 Å². The van der Waals surface area contributed by atoms with Crippen molar-refractivity contribution < 1.29 is 4.79 Å². The summed E-state index contributed by atoms with van der Waals surface area (Å²) in [7, 11) is 0. The Morgan fingerprint density at radius 3 is 2.42 bits per heavy atom. The number of benzene rings is 4. The molecule has 1 aromatic heterocycles. The molecule has 0 spiro atoms. The number of fused-ring (bicyclic) bond motifs is 1. The van der Waals surface area contributed by atoms with Crippen molar-refractivity contribution in [2.75, 3.05) is 5.32 Å². The Labute approximate surface area is 183 Å². The van der Waals surface area contributed by atoms with Crippen LogP contribution in [-0.2, 0) is 0 Å². The maximum absolute atomic E-state index is 13.1. The van der Waals surface area contributed by atoms with Gasteiger partial charge < -0.3 is 5.32 Å². The molecule has 31 heavy (non-hydrogen) atoms. The number of hydrogen-bond acceptors (Lipinski definition) is 3. The topological polar surface area (TPSA) is 59.8 Å². The summed E-state index contributed by atoms with van der Waals surface area (Å²) in [5.41, 5.74) is 2.28. The number of halogens is 1. The third-order valence-electron chi connectivity index (χ3n) is 4.93. The molecular formula is C25H17ClN4O. The monoisotopic (exact) mass is 424 g/mol. The number of rotatable bonds is 4. The third-order valence-corrected chi connectivity index (χ3v) is 5.17.